The molecule has 4 rings (SSSR count). The van der Waals surface area contributed by atoms with Crippen molar-refractivity contribution in [2.45, 2.75) is 12.8 Å². The number of rotatable bonds is 6. The molecule has 1 atom stereocenters. The number of nitrogens with two attached hydrogens (primary N) is 1. The van der Waals surface area contributed by atoms with E-state index in [-0.39, 0.29) is 34.6 Å². The van der Waals surface area contributed by atoms with Gasteiger partial charge in [-0.1, -0.05) is 12.1 Å². The van der Waals surface area contributed by atoms with Gasteiger partial charge in [-0.05, 0) is 29.8 Å². The molecule has 0 amide bonds. The third-order valence-corrected chi connectivity index (χ3v) is 5.36. The van der Waals surface area contributed by atoms with Gasteiger partial charge in [0.2, 0.25) is 17.5 Å². The Bertz CT molecular complexity index is 1310. The molecule has 3 N–H and O–H groups in total. The van der Waals surface area contributed by atoms with E-state index in [1.54, 1.807) is 19.2 Å². The molecule has 0 aliphatic carbocycles. The Kier molecular flexibility index (Phi) is 6.01. The van der Waals surface area contributed by atoms with Crippen molar-refractivity contribution in [3.05, 3.63) is 59.0 Å². The summed E-state index contributed by atoms with van der Waals surface area (Å²) in [6.07, 6.45) is 0. The second kappa shape index (κ2) is 9.07. The van der Waals surface area contributed by atoms with Crippen molar-refractivity contribution in [1.29, 1.82) is 5.26 Å². The maximum Gasteiger partial charge on any atom is 0.308 e. The predicted molar refractivity (Wildman–Crippen MR) is 121 cm³/mol. The minimum absolute atomic E-state index is 0.0642. The minimum atomic E-state index is -0.678. The van der Waals surface area contributed by atoms with E-state index in [4.69, 9.17) is 29.4 Å². The number of nitrogens with zero attached hydrogens (tertiary/aromatic N) is 2. The molecule has 0 saturated carbocycles. The molecule has 0 radical (unpaired) electrons. The van der Waals surface area contributed by atoms with Gasteiger partial charge in [0.25, 0.3) is 0 Å². The van der Waals surface area contributed by atoms with E-state index >= 15 is 0 Å². The molecular formula is C24H22N4O6. The molecule has 2 heterocycles. The molecule has 1 unspecified atom stereocenters. The fourth-order valence-electron chi connectivity index (χ4n) is 3.89. The van der Waals surface area contributed by atoms with E-state index in [0.29, 0.717) is 22.6 Å². The zero-order valence-electron chi connectivity index (χ0n) is 19.0. The quantitative estimate of drug-likeness (QED) is 0.417. The van der Waals surface area contributed by atoms with Gasteiger partial charge in [-0.3, -0.25) is 9.89 Å². The van der Waals surface area contributed by atoms with Crippen LogP contribution < -0.4 is 29.4 Å². The number of aromatic nitrogens is 2. The Hall–Kier alpha value is -4.65. The zero-order chi connectivity index (χ0) is 24.4. The van der Waals surface area contributed by atoms with Crippen LogP contribution in [-0.4, -0.2) is 37.5 Å². The lowest BCUT2D eigenvalue weighted by Crippen LogP contribution is -2.21. The smallest absolute Gasteiger partial charge is 0.308 e. The molecular weight excluding hydrogens is 440 g/mol. The number of hydrogen-bond donors (Lipinski definition) is 2. The van der Waals surface area contributed by atoms with Crippen molar-refractivity contribution in [3.8, 4) is 46.2 Å². The first kappa shape index (κ1) is 22.5. The van der Waals surface area contributed by atoms with Gasteiger partial charge in [-0.15, -0.1) is 5.10 Å². The van der Waals surface area contributed by atoms with Crippen LogP contribution in [0.2, 0.25) is 0 Å². The number of aromatic amines is 1. The Morgan fingerprint density at radius 2 is 1.85 bits per heavy atom. The molecule has 174 valence electrons. The molecule has 1 aliphatic heterocycles. The van der Waals surface area contributed by atoms with Gasteiger partial charge in [0, 0.05) is 12.5 Å². The number of nitriles is 1. The summed E-state index contributed by atoms with van der Waals surface area (Å²) in [4.78, 5) is 11.6. The number of carbonyl (C=O) groups excluding carboxylic acids is 1. The Morgan fingerprint density at radius 1 is 1.15 bits per heavy atom. The lowest BCUT2D eigenvalue weighted by molar-refractivity contribution is -0.132. The van der Waals surface area contributed by atoms with E-state index in [1.807, 2.05) is 24.3 Å². The molecule has 0 bridgehead atoms. The molecule has 3 aromatic rings. The molecule has 34 heavy (non-hydrogen) atoms. The summed E-state index contributed by atoms with van der Waals surface area (Å²) in [5.74, 6) is 0.243. The number of carbonyl (C=O) groups is 1. The van der Waals surface area contributed by atoms with Gasteiger partial charge in [-0.2, -0.15) is 5.26 Å². The number of benzene rings is 2. The number of allylic oxidation sites excluding steroid dienone is 1. The van der Waals surface area contributed by atoms with Crippen molar-refractivity contribution in [1.82, 2.24) is 10.2 Å². The maximum absolute atomic E-state index is 11.6. The molecule has 1 aromatic heterocycles. The van der Waals surface area contributed by atoms with Crippen molar-refractivity contribution in [2.75, 3.05) is 21.3 Å². The number of esters is 1. The summed E-state index contributed by atoms with van der Waals surface area (Å²) in [7, 11) is 4.46. The van der Waals surface area contributed by atoms with E-state index in [2.05, 4.69) is 16.3 Å². The van der Waals surface area contributed by atoms with Crippen LogP contribution in [0.4, 0.5) is 0 Å². The van der Waals surface area contributed by atoms with Crippen LogP contribution in [0.15, 0.2) is 47.9 Å². The van der Waals surface area contributed by atoms with Gasteiger partial charge >= 0.3 is 5.97 Å². The topological polar surface area (TPSA) is 142 Å². The van der Waals surface area contributed by atoms with Crippen LogP contribution in [0.1, 0.15) is 24.0 Å². The van der Waals surface area contributed by atoms with Crippen LogP contribution >= 0.6 is 0 Å². The molecule has 10 nitrogen and oxygen atoms in total. The van der Waals surface area contributed by atoms with Crippen LogP contribution in [0.25, 0.3) is 11.3 Å². The van der Waals surface area contributed by atoms with Crippen molar-refractivity contribution >= 4 is 5.97 Å². The highest BCUT2D eigenvalue weighted by atomic mass is 16.6. The molecule has 0 spiro atoms. The summed E-state index contributed by atoms with van der Waals surface area (Å²) < 4.78 is 27.3. The summed E-state index contributed by atoms with van der Waals surface area (Å²) >= 11 is 0. The summed E-state index contributed by atoms with van der Waals surface area (Å²) in [6, 6.07) is 12.9. The van der Waals surface area contributed by atoms with Crippen molar-refractivity contribution < 1.29 is 28.5 Å². The lowest BCUT2D eigenvalue weighted by Gasteiger charge is -2.25. The first-order chi connectivity index (χ1) is 16.4. The maximum atomic E-state index is 11.6. The second-order valence-electron chi connectivity index (χ2n) is 7.32. The number of H-pyrrole nitrogens is 1. The predicted octanol–water partition coefficient (Wildman–Crippen LogP) is 3.25. The first-order valence-corrected chi connectivity index (χ1v) is 10.2. The van der Waals surface area contributed by atoms with Gasteiger partial charge in [0.1, 0.15) is 17.4 Å². The average Bonchev–Trinajstić information content (AvgIpc) is 3.26. The third kappa shape index (κ3) is 3.84. The fourth-order valence-corrected chi connectivity index (χ4v) is 3.89. The van der Waals surface area contributed by atoms with Crippen molar-refractivity contribution in [3.63, 3.8) is 0 Å². The lowest BCUT2D eigenvalue weighted by atomic mass is 9.82. The van der Waals surface area contributed by atoms with E-state index in [0.717, 1.165) is 5.56 Å². The van der Waals surface area contributed by atoms with Crippen molar-refractivity contribution in [2.24, 2.45) is 5.73 Å². The van der Waals surface area contributed by atoms with E-state index < -0.39 is 11.9 Å². The SMILES string of the molecule is COc1cccc(-c2[nH]nc3c2C(c2cc(OC)c(OC(C)=O)c(OC)c2)C(C#N)=C(N)O3)c1. The Morgan fingerprint density at radius 3 is 2.44 bits per heavy atom. The van der Waals surface area contributed by atoms with E-state index in [9.17, 15) is 10.1 Å². The molecule has 2 aromatic carbocycles. The highest BCUT2D eigenvalue weighted by Crippen LogP contribution is 2.49. The monoisotopic (exact) mass is 462 g/mol. The molecule has 0 fully saturated rings. The Balaban J connectivity index is 1.96. The molecule has 0 saturated heterocycles. The van der Waals surface area contributed by atoms with Crippen LogP contribution in [-0.2, 0) is 4.79 Å². The minimum Gasteiger partial charge on any atom is -0.497 e. The number of ether oxygens (including phenoxy) is 5. The fraction of sp³-hybridized carbons (Fsp3) is 0.208. The van der Waals surface area contributed by atoms with Crippen LogP contribution in [0.5, 0.6) is 28.9 Å². The number of nitrogens with one attached hydrogen (secondary N) is 1. The standard InChI is InChI=1S/C24H22N4O6/c1-12(29)33-22-17(31-3)9-14(10-18(22)32-4)19-16(11-25)23(26)34-24-20(19)21(27-28-24)13-6-5-7-15(8-13)30-2/h5-10,19H,26H2,1-4H3,(H,27,28). The van der Waals surface area contributed by atoms with E-state index in [1.165, 1.54) is 21.1 Å². The highest BCUT2D eigenvalue weighted by molar-refractivity contribution is 5.74. The first-order valence-electron chi connectivity index (χ1n) is 10.2. The largest absolute Gasteiger partial charge is 0.497 e. The van der Waals surface area contributed by atoms with Gasteiger partial charge in [-0.25, -0.2) is 0 Å². The normalized spacial score (nSPS) is 14.5. The number of methoxy groups -OCH3 is 3. The number of fused-ring (bicyclic) bond motifs is 1. The summed E-state index contributed by atoms with van der Waals surface area (Å²) in [5, 5.41) is 17.2. The highest BCUT2D eigenvalue weighted by Gasteiger charge is 2.37. The summed E-state index contributed by atoms with van der Waals surface area (Å²) in [6.45, 7) is 1.28. The Labute approximate surface area is 195 Å². The summed E-state index contributed by atoms with van der Waals surface area (Å²) in [5.41, 5.74) is 8.87. The zero-order valence-corrected chi connectivity index (χ0v) is 19.0. The van der Waals surface area contributed by atoms with Gasteiger partial charge < -0.3 is 29.4 Å². The molecule has 10 heteroatoms. The average molecular weight is 462 g/mol. The van der Waals surface area contributed by atoms with Crippen LogP contribution in [0, 0.1) is 11.3 Å². The number of hydrogen-bond acceptors (Lipinski definition) is 9. The van der Waals surface area contributed by atoms with Crippen LogP contribution in [0.3, 0.4) is 0 Å². The van der Waals surface area contributed by atoms with Gasteiger partial charge in [0.05, 0.1) is 38.5 Å². The van der Waals surface area contributed by atoms with Gasteiger partial charge in [0.15, 0.2) is 11.5 Å². The third-order valence-electron chi connectivity index (χ3n) is 5.36. The second-order valence-corrected chi connectivity index (χ2v) is 7.32. The molecule has 1 aliphatic rings.